The van der Waals surface area contributed by atoms with Crippen molar-refractivity contribution in [1.82, 2.24) is 0 Å². The lowest BCUT2D eigenvalue weighted by Gasteiger charge is -2.23. The van der Waals surface area contributed by atoms with E-state index in [1.807, 2.05) is 42.5 Å². The summed E-state index contributed by atoms with van der Waals surface area (Å²) in [6, 6.07) is 14.5. The van der Waals surface area contributed by atoms with Crippen molar-refractivity contribution in [3.63, 3.8) is 0 Å². The molecule has 1 amide bonds. The molecule has 1 heterocycles. The Labute approximate surface area is 140 Å². The number of nitrogens with zero attached hydrogens (tertiary/aromatic N) is 1. The summed E-state index contributed by atoms with van der Waals surface area (Å²) in [7, 11) is 0. The van der Waals surface area contributed by atoms with E-state index >= 15 is 0 Å². The fraction of sp³-hybridized carbons (Fsp3) is 0.278. The highest BCUT2D eigenvalue weighted by molar-refractivity contribution is 6.31. The molecule has 3 rings (SSSR count). The zero-order valence-corrected chi connectivity index (χ0v) is 13.5. The summed E-state index contributed by atoms with van der Waals surface area (Å²) in [5.41, 5.74) is 7.80. The lowest BCUT2D eigenvalue weighted by molar-refractivity contribution is -0.119. The average molecular weight is 331 g/mol. The molecule has 1 aliphatic heterocycles. The molecular formula is C18H19ClN2O2. The number of halogens is 1. The first kappa shape index (κ1) is 15.8. The lowest BCUT2D eigenvalue weighted by Crippen LogP contribution is -2.33. The Kier molecular flexibility index (Phi) is 4.84. The van der Waals surface area contributed by atoms with E-state index in [0.717, 1.165) is 23.4 Å². The van der Waals surface area contributed by atoms with Crippen LogP contribution in [0.15, 0.2) is 48.5 Å². The molecule has 120 valence electrons. The summed E-state index contributed by atoms with van der Waals surface area (Å²) in [6.07, 6.45) is 1.000. The average Bonchev–Trinajstić information content (AvgIpc) is 2.77. The van der Waals surface area contributed by atoms with Crippen LogP contribution in [0.2, 0.25) is 5.02 Å². The van der Waals surface area contributed by atoms with Gasteiger partial charge in [-0.15, -0.1) is 0 Å². The quantitative estimate of drug-likeness (QED) is 0.936. The fourth-order valence-corrected chi connectivity index (χ4v) is 3.05. The number of benzene rings is 2. The number of rotatable bonds is 3. The van der Waals surface area contributed by atoms with Gasteiger partial charge in [0.15, 0.2) is 0 Å². The van der Waals surface area contributed by atoms with Crippen molar-refractivity contribution in [1.29, 1.82) is 0 Å². The van der Waals surface area contributed by atoms with Gasteiger partial charge in [0, 0.05) is 24.0 Å². The molecule has 1 atom stereocenters. The standard InChI is InChI=1S/C18H19ClN2O2/c19-14-7-2-1-6-13(14)15(20)12-18(22)21-10-5-11-23-17-9-4-3-8-16(17)21/h1-4,6-9,15H,5,10-12,20H2. The monoisotopic (exact) mass is 330 g/mol. The maximum absolute atomic E-state index is 12.8. The Bertz CT molecular complexity index is 705. The highest BCUT2D eigenvalue weighted by Crippen LogP contribution is 2.32. The predicted octanol–water partition coefficient (Wildman–Crippen LogP) is 3.55. The molecule has 0 aliphatic carbocycles. The van der Waals surface area contributed by atoms with Gasteiger partial charge in [0.1, 0.15) is 5.75 Å². The van der Waals surface area contributed by atoms with Crippen LogP contribution >= 0.6 is 11.6 Å². The molecule has 2 N–H and O–H groups in total. The molecule has 0 aromatic heterocycles. The molecule has 0 saturated heterocycles. The van der Waals surface area contributed by atoms with Crippen LogP contribution < -0.4 is 15.4 Å². The van der Waals surface area contributed by atoms with Crippen molar-refractivity contribution in [3.8, 4) is 5.75 Å². The minimum Gasteiger partial charge on any atom is -0.491 e. The van der Waals surface area contributed by atoms with Crippen molar-refractivity contribution in [2.24, 2.45) is 5.73 Å². The van der Waals surface area contributed by atoms with E-state index < -0.39 is 6.04 Å². The second-order valence-electron chi connectivity index (χ2n) is 5.55. The molecular weight excluding hydrogens is 312 g/mol. The molecule has 0 fully saturated rings. The fourth-order valence-electron chi connectivity index (χ4n) is 2.77. The third-order valence-corrected chi connectivity index (χ3v) is 4.28. The lowest BCUT2D eigenvalue weighted by atomic mass is 10.0. The largest absolute Gasteiger partial charge is 0.491 e. The van der Waals surface area contributed by atoms with Crippen LogP contribution in [0.4, 0.5) is 5.69 Å². The van der Waals surface area contributed by atoms with E-state index in [0.29, 0.717) is 18.2 Å². The predicted molar refractivity (Wildman–Crippen MR) is 91.9 cm³/mol. The van der Waals surface area contributed by atoms with E-state index in [4.69, 9.17) is 22.1 Å². The smallest absolute Gasteiger partial charge is 0.229 e. The van der Waals surface area contributed by atoms with Gasteiger partial charge < -0.3 is 15.4 Å². The molecule has 2 aromatic rings. The summed E-state index contributed by atoms with van der Waals surface area (Å²) < 4.78 is 5.69. The molecule has 0 saturated carbocycles. The number of amides is 1. The molecule has 1 unspecified atom stereocenters. The van der Waals surface area contributed by atoms with Gasteiger partial charge in [-0.25, -0.2) is 0 Å². The zero-order chi connectivity index (χ0) is 16.2. The SMILES string of the molecule is NC(CC(=O)N1CCCOc2ccccc21)c1ccccc1Cl. The molecule has 0 radical (unpaired) electrons. The minimum absolute atomic E-state index is 0.0182. The first-order chi connectivity index (χ1) is 11.2. The van der Waals surface area contributed by atoms with Crippen LogP contribution in [0.3, 0.4) is 0 Å². The number of fused-ring (bicyclic) bond motifs is 1. The van der Waals surface area contributed by atoms with Crippen LogP contribution in [0, 0.1) is 0 Å². The Hall–Kier alpha value is -2.04. The van der Waals surface area contributed by atoms with Crippen molar-refractivity contribution >= 4 is 23.2 Å². The summed E-state index contributed by atoms with van der Waals surface area (Å²) in [4.78, 5) is 14.5. The number of carbonyl (C=O) groups is 1. The Balaban J connectivity index is 1.79. The number of hydrogen-bond acceptors (Lipinski definition) is 3. The van der Waals surface area contributed by atoms with Crippen molar-refractivity contribution in [2.75, 3.05) is 18.1 Å². The van der Waals surface area contributed by atoms with Crippen LogP contribution in [0.1, 0.15) is 24.4 Å². The van der Waals surface area contributed by atoms with Crippen molar-refractivity contribution in [3.05, 3.63) is 59.1 Å². The van der Waals surface area contributed by atoms with E-state index in [1.165, 1.54) is 0 Å². The van der Waals surface area contributed by atoms with Crippen LogP contribution in [0.25, 0.3) is 0 Å². The van der Waals surface area contributed by atoms with Gasteiger partial charge in [-0.1, -0.05) is 41.9 Å². The zero-order valence-electron chi connectivity index (χ0n) is 12.7. The number of anilines is 1. The van der Waals surface area contributed by atoms with E-state index in [2.05, 4.69) is 0 Å². The van der Waals surface area contributed by atoms with Crippen LogP contribution in [-0.4, -0.2) is 19.1 Å². The molecule has 1 aliphatic rings. The summed E-state index contributed by atoms with van der Waals surface area (Å²) in [5, 5.41) is 0.590. The molecule has 2 aromatic carbocycles. The first-order valence-corrected chi connectivity index (χ1v) is 8.07. The van der Waals surface area contributed by atoms with Gasteiger partial charge in [-0.2, -0.15) is 0 Å². The maximum atomic E-state index is 12.8. The minimum atomic E-state index is -0.424. The number of nitrogens with two attached hydrogens (primary N) is 1. The molecule has 0 bridgehead atoms. The molecule has 0 spiro atoms. The highest BCUT2D eigenvalue weighted by atomic mass is 35.5. The van der Waals surface area contributed by atoms with Gasteiger partial charge >= 0.3 is 0 Å². The molecule has 23 heavy (non-hydrogen) atoms. The van der Waals surface area contributed by atoms with E-state index in [-0.39, 0.29) is 12.3 Å². The Morgan fingerprint density at radius 1 is 1.22 bits per heavy atom. The van der Waals surface area contributed by atoms with Gasteiger partial charge in [0.25, 0.3) is 0 Å². The van der Waals surface area contributed by atoms with Crippen molar-refractivity contribution < 1.29 is 9.53 Å². The molecule has 4 nitrogen and oxygen atoms in total. The highest BCUT2D eigenvalue weighted by Gasteiger charge is 2.24. The van der Waals surface area contributed by atoms with Crippen LogP contribution in [-0.2, 0) is 4.79 Å². The summed E-state index contributed by atoms with van der Waals surface area (Å²) in [6.45, 7) is 1.24. The van der Waals surface area contributed by atoms with E-state index in [9.17, 15) is 4.79 Å². The van der Waals surface area contributed by atoms with Gasteiger partial charge in [0.05, 0.1) is 12.3 Å². The van der Waals surface area contributed by atoms with Crippen molar-refractivity contribution in [2.45, 2.75) is 18.9 Å². The van der Waals surface area contributed by atoms with Gasteiger partial charge in [0.2, 0.25) is 5.91 Å². The van der Waals surface area contributed by atoms with Gasteiger partial charge in [-0.3, -0.25) is 4.79 Å². The topological polar surface area (TPSA) is 55.6 Å². The third-order valence-electron chi connectivity index (χ3n) is 3.94. The summed E-state index contributed by atoms with van der Waals surface area (Å²) in [5.74, 6) is 0.722. The third kappa shape index (κ3) is 3.49. The van der Waals surface area contributed by atoms with Gasteiger partial charge in [-0.05, 0) is 30.2 Å². The Morgan fingerprint density at radius 3 is 2.78 bits per heavy atom. The number of ether oxygens (including phenoxy) is 1. The number of hydrogen-bond donors (Lipinski definition) is 1. The summed E-state index contributed by atoms with van der Waals surface area (Å²) >= 11 is 6.17. The molecule has 5 heteroatoms. The Morgan fingerprint density at radius 2 is 1.96 bits per heavy atom. The van der Waals surface area contributed by atoms with Crippen LogP contribution in [0.5, 0.6) is 5.75 Å². The number of carbonyl (C=O) groups excluding carboxylic acids is 1. The van der Waals surface area contributed by atoms with E-state index in [1.54, 1.807) is 11.0 Å². The second kappa shape index (κ2) is 7.02. The second-order valence-corrected chi connectivity index (χ2v) is 5.95. The normalized spacial score (nSPS) is 15.3. The first-order valence-electron chi connectivity index (χ1n) is 7.69. The number of para-hydroxylation sites is 2. The maximum Gasteiger partial charge on any atom is 0.229 e.